The van der Waals surface area contributed by atoms with Gasteiger partial charge in [-0.2, -0.15) is 0 Å². The molecule has 0 radical (unpaired) electrons. The molecule has 2 fully saturated rings. The second-order valence-corrected chi connectivity index (χ2v) is 8.81. The molecule has 0 aliphatic heterocycles. The second-order valence-electron chi connectivity index (χ2n) is 8.81. The molecule has 0 bridgehead atoms. The van der Waals surface area contributed by atoms with Gasteiger partial charge in [-0.1, -0.05) is 12.8 Å². The molecule has 0 spiro atoms. The SMILES string of the molecule is CN(C)c1ccc(NC(=O)C2CCCC2)cc1CN(CC1CC1)C(=O)c1ccco1. The largest absolute Gasteiger partial charge is 0.459 e. The first-order valence-electron chi connectivity index (χ1n) is 10.9. The Bertz CT molecular complexity index is 881. The second kappa shape index (κ2) is 8.94. The molecule has 6 heteroatoms. The van der Waals surface area contributed by atoms with Gasteiger partial charge in [0.2, 0.25) is 5.91 Å². The molecule has 0 saturated heterocycles. The van der Waals surface area contributed by atoms with E-state index in [1.807, 2.05) is 42.1 Å². The standard InChI is InChI=1S/C24H31N3O3/c1-26(2)21-12-11-20(25-23(28)18-6-3-4-7-18)14-19(21)16-27(15-17-9-10-17)24(29)22-8-5-13-30-22/h5,8,11-14,17-18H,3-4,6-7,9-10,15-16H2,1-2H3,(H,25,28). The number of carbonyl (C=O) groups is 2. The highest BCUT2D eigenvalue weighted by molar-refractivity contribution is 5.93. The van der Waals surface area contributed by atoms with Gasteiger partial charge in [-0.3, -0.25) is 9.59 Å². The lowest BCUT2D eigenvalue weighted by atomic mass is 10.1. The summed E-state index contributed by atoms with van der Waals surface area (Å²) in [6.45, 7) is 1.21. The number of amides is 2. The lowest BCUT2D eigenvalue weighted by Crippen LogP contribution is -2.33. The molecule has 0 unspecified atom stereocenters. The minimum Gasteiger partial charge on any atom is -0.459 e. The first-order valence-corrected chi connectivity index (χ1v) is 10.9. The van der Waals surface area contributed by atoms with E-state index in [9.17, 15) is 9.59 Å². The molecule has 1 heterocycles. The van der Waals surface area contributed by atoms with Crippen molar-refractivity contribution in [1.29, 1.82) is 0 Å². The summed E-state index contributed by atoms with van der Waals surface area (Å²) in [5, 5.41) is 3.09. The van der Waals surface area contributed by atoms with Crippen LogP contribution in [0.1, 0.15) is 54.6 Å². The van der Waals surface area contributed by atoms with Crippen LogP contribution in [0.25, 0.3) is 0 Å². The summed E-state index contributed by atoms with van der Waals surface area (Å²) in [6.07, 6.45) is 8.08. The quantitative estimate of drug-likeness (QED) is 0.696. The Kier molecular flexibility index (Phi) is 6.11. The van der Waals surface area contributed by atoms with E-state index in [2.05, 4.69) is 5.32 Å². The lowest BCUT2D eigenvalue weighted by Gasteiger charge is -2.26. The summed E-state index contributed by atoms with van der Waals surface area (Å²) in [7, 11) is 3.99. The summed E-state index contributed by atoms with van der Waals surface area (Å²) in [6, 6.07) is 9.44. The first-order chi connectivity index (χ1) is 14.5. The smallest absolute Gasteiger partial charge is 0.289 e. The molecule has 4 rings (SSSR count). The average molecular weight is 410 g/mol. The van der Waals surface area contributed by atoms with Crippen molar-refractivity contribution >= 4 is 23.2 Å². The maximum absolute atomic E-state index is 13.0. The third kappa shape index (κ3) is 4.86. The molecule has 2 saturated carbocycles. The Labute approximate surface area is 178 Å². The van der Waals surface area contributed by atoms with Crippen LogP contribution < -0.4 is 10.2 Å². The fourth-order valence-corrected chi connectivity index (χ4v) is 4.25. The highest BCUT2D eigenvalue weighted by atomic mass is 16.3. The zero-order valence-electron chi connectivity index (χ0n) is 17.9. The zero-order valence-corrected chi connectivity index (χ0v) is 17.9. The molecule has 2 aromatic rings. The van der Waals surface area contributed by atoms with Gasteiger partial charge in [0, 0.05) is 44.5 Å². The minimum absolute atomic E-state index is 0.0861. The van der Waals surface area contributed by atoms with Gasteiger partial charge in [-0.15, -0.1) is 0 Å². The van der Waals surface area contributed by atoms with Gasteiger partial charge < -0.3 is 19.5 Å². The van der Waals surface area contributed by atoms with Gasteiger partial charge in [-0.25, -0.2) is 0 Å². The summed E-state index contributed by atoms with van der Waals surface area (Å²) >= 11 is 0. The van der Waals surface area contributed by atoms with Gasteiger partial charge in [0.25, 0.3) is 5.91 Å². The Hall–Kier alpha value is -2.76. The maximum Gasteiger partial charge on any atom is 0.289 e. The van der Waals surface area contributed by atoms with E-state index in [0.29, 0.717) is 18.2 Å². The van der Waals surface area contributed by atoms with Crippen LogP contribution in [-0.4, -0.2) is 37.4 Å². The predicted molar refractivity (Wildman–Crippen MR) is 118 cm³/mol. The summed E-state index contributed by atoms with van der Waals surface area (Å²) in [5.74, 6) is 1.08. The lowest BCUT2D eigenvalue weighted by molar-refractivity contribution is -0.119. The van der Waals surface area contributed by atoms with Crippen LogP contribution in [0.4, 0.5) is 11.4 Å². The third-order valence-electron chi connectivity index (χ3n) is 6.11. The number of furan rings is 1. The summed E-state index contributed by atoms with van der Waals surface area (Å²) < 4.78 is 5.37. The van der Waals surface area contributed by atoms with Gasteiger partial charge >= 0.3 is 0 Å². The molecular weight excluding hydrogens is 378 g/mol. The molecule has 160 valence electrons. The predicted octanol–water partition coefficient (Wildman–Crippen LogP) is 4.53. The van der Waals surface area contributed by atoms with Crippen molar-refractivity contribution in [1.82, 2.24) is 4.90 Å². The van der Waals surface area contributed by atoms with Crippen LogP contribution in [0.15, 0.2) is 41.0 Å². The van der Waals surface area contributed by atoms with Crippen molar-refractivity contribution in [2.75, 3.05) is 30.9 Å². The van der Waals surface area contributed by atoms with Crippen LogP contribution in [0.2, 0.25) is 0 Å². The summed E-state index contributed by atoms with van der Waals surface area (Å²) in [5.41, 5.74) is 2.86. The van der Waals surface area contributed by atoms with Crippen molar-refractivity contribution in [3.05, 3.63) is 47.9 Å². The van der Waals surface area contributed by atoms with E-state index >= 15 is 0 Å². The maximum atomic E-state index is 13.0. The van der Waals surface area contributed by atoms with Gasteiger partial charge in [0.15, 0.2) is 5.76 Å². The number of carbonyl (C=O) groups excluding carboxylic acids is 2. The molecule has 0 atom stereocenters. The van der Waals surface area contributed by atoms with E-state index in [1.165, 1.54) is 19.1 Å². The van der Waals surface area contributed by atoms with Crippen LogP contribution >= 0.6 is 0 Å². The minimum atomic E-state index is -0.0861. The van der Waals surface area contributed by atoms with Gasteiger partial charge in [-0.05, 0) is 67.5 Å². The topological polar surface area (TPSA) is 65.8 Å². The molecule has 6 nitrogen and oxygen atoms in total. The number of anilines is 2. The molecule has 2 aliphatic rings. The number of hydrogen-bond donors (Lipinski definition) is 1. The van der Waals surface area contributed by atoms with Gasteiger partial charge in [0.1, 0.15) is 0 Å². The van der Waals surface area contributed by atoms with E-state index in [-0.39, 0.29) is 17.7 Å². The number of nitrogens with zero attached hydrogens (tertiary/aromatic N) is 2. The molecular formula is C24H31N3O3. The van der Waals surface area contributed by atoms with Crippen LogP contribution in [0.3, 0.4) is 0 Å². The van der Waals surface area contributed by atoms with Crippen LogP contribution in [-0.2, 0) is 11.3 Å². The number of nitrogens with one attached hydrogen (secondary N) is 1. The Morgan fingerprint density at radius 2 is 1.87 bits per heavy atom. The fourth-order valence-electron chi connectivity index (χ4n) is 4.25. The van der Waals surface area contributed by atoms with E-state index in [1.54, 1.807) is 12.1 Å². The number of hydrogen-bond acceptors (Lipinski definition) is 4. The van der Waals surface area contributed by atoms with Crippen LogP contribution in [0, 0.1) is 11.8 Å². The van der Waals surface area contributed by atoms with E-state index in [4.69, 9.17) is 4.42 Å². The van der Waals surface area contributed by atoms with Crippen molar-refractivity contribution < 1.29 is 14.0 Å². The Balaban J connectivity index is 1.56. The number of rotatable bonds is 8. The fraction of sp³-hybridized carbons (Fsp3) is 0.500. The highest BCUT2D eigenvalue weighted by Crippen LogP contribution is 2.32. The van der Waals surface area contributed by atoms with Crippen molar-refractivity contribution in [3.8, 4) is 0 Å². The van der Waals surface area contributed by atoms with Crippen molar-refractivity contribution in [2.45, 2.75) is 45.1 Å². The summed E-state index contributed by atoms with van der Waals surface area (Å²) in [4.78, 5) is 29.5. The first kappa shape index (κ1) is 20.5. The molecule has 1 aromatic heterocycles. The van der Waals surface area contributed by atoms with Crippen LogP contribution in [0.5, 0.6) is 0 Å². The third-order valence-corrected chi connectivity index (χ3v) is 6.11. The van der Waals surface area contributed by atoms with E-state index < -0.39 is 0 Å². The van der Waals surface area contributed by atoms with E-state index in [0.717, 1.165) is 49.2 Å². The highest BCUT2D eigenvalue weighted by Gasteiger charge is 2.29. The molecule has 1 N–H and O–H groups in total. The molecule has 2 aliphatic carbocycles. The zero-order chi connectivity index (χ0) is 21.1. The normalized spacial score (nSPS) is 16.5. The van der Waals surface area contributed by atoms with Gasteiger partial charge in [0.05, 0.1) is 6.26 Å². The monoisotopic (exact) mass is 409 g/mol. The molecule has 1 aromatic carbocycles. The molecule has 30 heavy (non-hydrogen) atoms. The number of benzene rings is 1. The van der Waals surface area contributed by atoms with Crippen molar-refractivity contribution in [3.63, 3.8) is 0 Å². The average Bonchev–Trinajstić information content (AvgIpc) is 3.18. The molecule has 2 amide bonds. The van der Waals surface area contributed by atoms with Crippen molar-refractivity contribution in [2.24, 2.45) is 11.8 Å². The Morgan fingerprint density at radius 3 is 2.50 bits per heavy atom. The Morgan fingerprint density at radius 1 is 1.10 bits per heavy atom.